The number of carbonyl (C=O) groups excluding carboxylic acids is 4. The maximum atomic E-state index is 14.3. The molecule has 9 nitrogen and oxygen atoms in total. The van der Waals surface area contributed by atoms with Crippen LogP contribution in [0.3, 0.4) is 0 Å². The smallest absolute Gasteiger partial charge is 0.408 e. The van der Waals surface area contributed by atoms with E-state index in [0.717, 1.165) is 12.0 Å². The molecule has 0 saturated carbocycles. The number of nitrogens with two attached hydrogens (primary N) is 1. The van der Waals surface area contributed by atoms with Crippen molar-refractivity contribution in [3.63, 3.8) is 0 Å². The fraction of sp³-hybridized carbons (Fsp3) is 0.655. The van der Waals surface area contributed by atoms with Gasteiger partial charge >= 0.3 is 6.09 Å². The third-order valence-electron chi connectivity index (χ3n) is 6.13. The maximum Gasteiger partial charge on any atom is 0.408 e. The minimum Gasteiger partial charge on any atom is -0.444 e. The van der Waals surface area contributed by atoms with Crippen molar-refractivity contribution in [2.45, 2.75) is 124 Å². The highest BCUT2D eigenvalue weighted by Crippen LogP contribution is 2.33. The largest absolute Gasteiger partial charge is 0.444 e. The van der Waals surface area contributed by atoms with E-state index in [1.54, 1.807) is 20.8 Å². The SMILES string of the molecule is CCc1ccc(C(C(=O)NC(C)(C)C)N(C(=O)C(CCC(N)=O)NC(=O)OC(C)(C)C)C(C)(C)CC)cc1. The summed E-state index contributed by atoms with van der Waals surface area (Å²) in [6, 6.07) is 5.48. The second-order valence-electron chi connectivity index (χ2n) is 12.3. The zero-order valence-corrected chi connectivity index (χ0v) is 24.9. The van der Waals surface area contributed by atoms with Gasteiger partial charge in [-0.3, -0.25) is 14.4 Å². The quantitative estimate of drug-likeness (QED) is 0.389. The molecule has 0 radical (unpaired) electrons. The summed E-state index contributed by atoms with van der Waals surface area (Å²) in [6.45, 7) is 18.5. The van der Waals surface area contributed by atoms with Crippen molar-refractivity contribution in [2.75, 3.05) is 0 Å². The molecule has 9 heteroatoms. The summed E-state index contributed by atoms with van der Waals surface area (Å²) < 4.78 is 5.38. The van der Waals surface area contributed by atoms with Crippen molar-refractivity contribution in [1.29, 1.82) is 0 Å². The normalized spacial score (nSPS) is 13.7. The monoisotopic (exact) mass is 532 g/mol. The standard InChI is InChI=1S/C29H48N4O5/c1-11-19-13-15-20(16-14-19)23(24(35)32-27(3,4)5)33(29(9,10)12-2)25(36)21(17-18-22(30)34)31-26(37)38-28(6,7)8/h13-16,21,23H,11-12,17-18H2,1-10H3,(H2,30,34)(H,31,37)(H,32,35). The molecule has 4 N–H and O–H groups in total. The van der Waals surface area contributed by atoms with E-state index in [-0.39, 0.29) is 18.7 Å². The van der Waals surface area contributed by atoms with Gasteiger partial charge in [-0.15, -0.1) is 0 Å². The number of hydrogen-bond donors (Lipinski definition) is 3. The lowest BCUT2D eigenvalue weighted by molar-refractivity contribution is -0.150. The molecule has 0 spiro atoms. The fourth-order valence-corrected chi connectivity index (χ4v) is 3.90. The van der Waals surface area contributed by atoms with Crippen LogP contribution in [0.2, 0.25) is 0 Å². The van der Waals surface area contributed by atoms with Crippen molar-refractivity contribution in [3.8, 4) is 0 Å². The Balaban J connectivity index is 3.69. The van der Waals surface area contributed by atoms with Gasteiger partial charge in [0.1, 0.15) is 17.7 Å². The topological polar surface area (TPSA) is 131 Å². The molecule has 2 atom stereocenters. The number of rotatable bonds is 11. The Bertz CT molecular complexity index is 974. The number of benzene rings is 1. The van der Waals surface area contributed by atoms with E-state index >= 15 is 0 Å². The highest BCUT2D eigenvalue weighted by Gasteiger charge is 2.43. The molecule has 2 unspecified atom stereocenters. The van der Waals surface area contributed by atoms with Crippen LogP contribution in [-0.4, -0.2) is 51.4 Å². The first-order valence-electron chi connectivity index (χ1n) is 13.3. The molecule has 0 fully saturated rings. The molecule has 1 rings (SSSR count). The summed E-state index contributed by atoms with van der Waals surface area (Å²) in [7, 11) is 0. The molecule has 0 heterocycles. The molecule has 0 bridgehead atoms. The van der Waals surface area contributed by atoms with Crippen LogP contribution in [-0.2, 0) is 25.5 Å². The van der Waals surface area contributed by atoms with Gasteiger partial charge in [0.15, 0.2) is 0 Å². The molecule has 0 aliphatic carbocycles. The lowest BCUT2D eigenvalue weighted by atomic mass is 9.90. The summed E-state index contributed by atoms with van der Waals surface area (Å²) in [5.41, 5.74) is 4.99. The minimum absolute atomic E-state index is 0.0356. The lowest BCUT2D eigenvalue weighted by Gasteiger charge is -2.45. The molecule has 1 aromatic rings. The number of amides is 4. The predicted molar refractivity (Wildman–Crippen MR) is 149 cm³/mol. The van der Waals surface area contributed by atoms with E-state index in [4.69, 9.17) is 10.5 Å². The zero-order chi connectivity index (χ0) is 29.5. The van der Waals surface area contributed by atoms with E-state index in [0.29, 0.717) is 12.0 Å². The van der Waals surface area contributed by atoms with E-state index in [1.165, 1.54) is 4.90 Å². The number of hydrogen-bond acceptors (Lipinski definition) is 5. The molecule has 38 heavy (non-hydrogen) atoms. The number of nitrogens with one attached hydrogen (secondary N) is 2. The first-order chi connectivity index (χ1) is 17.3. The average Bonchev–Trinajstić information content (AvgIpc) is 2.77. The summed E-state index contributed by atoms with van der Waals surface area (Å²) in [5.74, 6) is -1.45. The first kappa shape index (κ1) is 32.9. The zero-order valence-electron chi connectivity index (χ0n) is 24.9. The lowest BCUT2D eigenvalue weighted by Crippen LogP contribution is -2.60. The molecule has 0 aromatic heterocycles. The van der Waals surface area contributed by atoms with Crippen molar-refractivity contribution in [1.82, 2.24) is 15.5 Å². The van der Waals surface area contributed by atoms with E-state index in [1.807, 2.05) is 72.7 Å². The molecular weight excluding hydrogens is 484 g/mol. The Hall–Kier alpha value is -3.10. The van der Waals surface area contributed by atoms with E-state index in [2.05, 4.69) is 10.6 Å². The maximum absolute atomic E-state index is 14.3. The number of nitrogens with zero attached hydrogens (tertiary/aromatic N) is 1. The molecule has 0 aliphatic rings. The Morgan fingerprint density at radius 2 is 1.50 bits per heavy atom. The van der Waals surface area contributed by atoms with Gasteiger partial charge in [0.2, 0.25) is 17.7 Å². The first-order valence-corrected chi connectivity index (χ1v) is 13.3. The minimum atomic E-state index is -1.14. The Morgan fingerprint density at radius 1 is 0.947 bits per heavy atom. The number of alkyl carbamates (subject to hydrolysis) is 1. The average molecular weight is 533 g/mol. The summed E-state index contributed by atoms with van der Waals surface area (Å²) in [5, 5.41) is 5.65. The van der Waals surface area contributed by atoms with E-state index in [9.17, 15) is 19.2 Å². The van der Waals surface area contributed by atoms with Gasteiger partial charge < -0.3 is 26.0 Å². The van der Waals surface area contributed by atoms with Crippen LogP contribution in [0.1, 0.15) is 106 Å². The molecule has 1 aromatic carbocycles. The number of primary amides is 1. The van der Waals surface area contributed by atoms with Crippen LogP contribution >= 0.6 is 0 Å². The van der Waals surface area contributed by atoms with Crippen molar-refractivity contribution >= 4 is 23.8 Å². The Kier molecular flexibility index (Phi) is 11.4. The molecule has 0 aliphatic heterocycles. The van der Waals surface area contributed by atoms with Gasteiger partial charge in [0, 0.05) is 17.5 Å². The van der Waals surface area contributed by atoms with E-state index < -0.39 is 46.7 Å². The third kappa shape index (κ3) is 10.3. The van der Waals surface area contributed by atoms with Crippen molar-refractivity contribution < 1.29 is 23.9 Å². The second kappa shape index (κ2) is 13.1. The van der Waals surface area contributed by atoms with Crippen LogP contribution in [0.15, 0.2) is 24.3 Å². The molecule has 4 amide bonds. The van der Waals surface area contributed by atoms with Gasteiger partial charge in [0.25, 0.3) is 0 Å². The van der Waals surface area contributed by atoms with Crippen molar-refractivity contribution in [3.05, 3.63) is 35.4 Å². The van der Waals surface area contributed by atoms with Gasteiger partial charge in [-0.05, 0) is 85.8 Å². The van der Waals surface area contributed by atoms with Crippen LogP contribution in [0.5, 0.6) is 0 Å². The molecule has 0 saturated heterocycles. The highest BCUT2D eigenvalue weighted by molar-refractivity contribution is 5.93. The number of aryl methyl sites for hydroxylation is 1. The summed E-state index contributed by atoms with van der Waals surface area (Å²) >= 11 is 0. The van der Waals surface area contributed by atoms with Crippen LogP contribution in [0, 0.1) is 0 Å². The van der Waals surface area contributed by atoms with Crippen LogP contribution in [0.25, 0.3) is 0 Å². The highest BCUT2D eigenvalue weighted by atomic mass is 16.6. The van der Waals surface area contributed by atoms with Gasteiger partial charge in [0.05, 0.1) is 0 Å². The predicted octanol–water partition coefficient (Wildman–Crippen LogP) is 4.38. The third-order valence-corrected chi connectivity index (χ3v) is 6.13. The van der Waals surface area contributed by atoms with Gasteiger partial charge in [-0.25, -0.2) is 4.79 Å². The van der Waals surface area contributed by atoms with Gasteiger partial charge in [-0.1, -0.05) is 38.1 Å². The number of ether oxygens (including phenoxy) is 1. The van der Waals surface area contributed by atoms with Crippen molar-refractivity contribution in [2.24, 2.45) is 5.73 Å². The Labute approximate surface area is 228 Å². The Morgan fingerprint density at radius 3 is 1.92 bits per heavy atom. The second-order valence-corrected chi connectivity index (χ2v) is 12.3. The molecular formula is C29H48N4O5. The van der Waals surface area contributed by atoms with Crippen LogP contribution in [0.4, 0.5) is 4.79 Å². The summed E-state index contributed by atoms with van der Waals surface area (Å²) in [6.07, 6.45) is 0.401. The fourth-order valence-electron chi connectivity index (χ4n) is 3.90. The van der Waals surface area contributed by atoms with Crippen LogP contribution < -0.4 is 16.4 Å². The molecule has 214 valence electrons. The summed E-state index contributed by atoms with van der Waals surface area (Å²) in [4.78, 5) is 54.0. The van der Waals surface area contributed by atoms with Gasteiger partial charge in [-0.2, -0.15) is 0 Å². The number of carbonyl (C=O) groups is 4.